The molecule has 70 valence electrons. The van der Waals surface area contributed by atoms with Crippen molar-refractivity contribution >= 4 is 5.97 Å². The van der Waals surface area contributed by atoms with Crippen LogP contribution in [0.2, 0.25) is 0 Å². The summed E-state index contributed by atoms with van der Waals surface area (Å²) in [5.41, 5.74) is 0. The van der Waals surface area contributed by atoms with Crippen molar-refractivity contribution < 1.29 is 14.6 Å². The van der Waals surface area contributed by atoms with E-state index in [1.165, 1.54) is 12.1 Å². The summed E-state index contributed by atoms with van der Waals surface area (Å²) in [4.78, 5) is 11.1. The summed E-state index contributed by atoms with van der Waals surface area (Å²) in [5.74, 6) is 0.195. The van der Waals surface area contributed by atoms with Crippen LogP contribution in [-0.2, 0) is 4.79 Å². The van der Waals surface area contributed by atoms with E-state index in [9.17, 15) is 4.79 Å². The number of phenolic OH excluding ortho intramolecular Hbond substituents is 1. The molecule has 1 N–H and O–H groups in total. The van der Waals surface area contributed by atoms with Gasteiger partial charge in [-0.05, 0) is 24.3 Å². The Morgan fingerprint density at radius 3 is 2.31 bits per heavy atom. The van der Waals surface area contributed by atoms with Crippen molar-refractivity contribution in [2.45, 2.75) is 13.8 Å². The third kappa shape index (κ3) is 2.78. The number of ether oxygens (including phenoxy) is 1. The van der Waals surface area contributed by atoms with E-state index in [-0.39, 0.29) is 17.6 Å². The predicted molar refractivity (Wildman–Crippen MR) is 48.6 cm³/mol. The Bertz CT molecular complexity index is 288. The molecule has 0 spiro atoms. The van der Waals surface area contributed by atoms with Crippen LogP contribution < -0.4 is 4.74 Å². The van der Waals surface area contributed by atoms with Crippen molar-refractivity contribution in [1.29, 1.82) is 0 Å². The Kier molecular flexibility index (Phi) is 2.90. The second-order valence-electron chi connectivity index (χ2n) is 3.07. The van der Waals surface area contributed by atoms with Gasteiger partial charge < -0.3 is 9.84 Å². The Morgan fingerprint density at radius 1 is 1.31 bits per heavy atom. The molecule has 0 aliphatic heterocycles. The highest BCUT2D eigenvalue weighted by Crippen LogP contribution is 2.16. The molecule has 0 bridgehead atoms. The zero-order chi connectivity index (χ0) is 9.84. The molecule has 0 saturated carbocycles. The highest BCUT2D eigenvalue weighted by Gasteiger charge is 2.08. The van der Waals surface area contributed by atoms with Crippen LogP contribution in [0.3, 0.4) is 0 Å². The second-order valence-corrected chi connectivity index (χ2v) is 3.07. The van der Waals surface area contributed by atoms with Crippen LogP contribution in [0, 0.1) is 5.92 Å². The molecule has 1 aromatic carbocycles. The molecular formula is C10H12O3. The first-order chi connectivity index (χ1) is 6.09. The van der Waals surface area contributed by atoms with Gasteiger partial charge in [-0.25, -0.2) is 0 Å². The number of phenols is 1. The minimum atomic E-state index is -0.273. The number of rotatable bonds is 2. The summed E-state index contributed by atoms with van der Waals surface area (Å²) in [5, 5.41) is 8.96. The molecule has 0 fully saturated rings. The summed E-state index contributed by atoms with van der Waals surface area (Å²) in [6, 6.07) is 6.05. The molecule has 0 aromatic heterocycles. The van der Waals surface area contributed by atoms with Gasteiger partial charge in [0, 0.05) is 0 Å². The van der Waals surface area contributed by atoms with Crippen LogP contribution in [0.1, 0.15) is 13.8 Å². The molecule has 0 heterocycles. The minimum Gasteiger partial charge on any atom is -0.508 e. The van der Waals surface area contributed by atoms with Crippen LogP contribution in [0.25, 0.3) is 0 Å². The van der Waals surface area contributed by atoms with Crippen molar-refractivity contribution in [3.05, 3.63) is 24.3 Å². The van der Waals surface area contributed by atoms with Gasteiger partial charge in [-0.3, -0.25) is 4.79 Å². The van der Waals surface area contributed by atoms with Gasteiger partial charge in [-0.2, -0.15) is 0 Å². The molecule has 0 saturated heterocycles. The normalized spacial score (nSPS) is 10.1. The average Bonchev–Trinajstić information content (AvgIpc) is 2.08. The molecule has 0 aliphatic rings. The van der Waals surface area contributed by atoms with Gasteiger partial charge in [0.15, 0.2) is 0 Å². The first-order valence-corrected chi connectivity index (χ1v) is 4.10. The average molecular weight is 180 g/mol. The Labute approximate surface area is 77.0 Å². The standard InChI is InChI=1S/C10H12O3/c1-7(2)10(12)13-9-5-3-8(11)4-6-9/h3-7,11H,1-2H3. The van der Waals surface area contributed by atoms with Gasteiger partial charge in [0.1, 0.15) is 11.5 Å². The molecule has 3 heteroatoms. The summed E-state index contributed by atoms with van der Waals surface area (Å²) >= 11 is 0. The van der Waals surface area contributed by atoms with Crippen molar-refractivity contribution in [2.24, 2.45) is 5.92 Å². The van der Waals surface area contributed by atoms with Crippen LogP contribution in [0.4, 0.5) is 0 Å². The lowest BCUT2D eigenvalue weighted by Crippen LogP contribution is -2.14. The fraction of sp³-hybridized carbons (Fsp3) is 0.300. The Hall–Kier alpha value is -1.51. The topological polar surface area (TPSA) is 46.5 Å². The fourth-order valence-electron chi connectivity index (χ4n) is 0.748. The van der Waals surface area contributed by atoms with E-state index in [0.29, 0.717) is 5.75 Å². The molecule has 0 amide bonds. The van der Waals surface area contributed by atoms with Crippen LogP contribution >= 0.6 is 0 Å². The highest BCUT2D eigenvalue weighted by molar-refractivity contribution is 5.74. The van der Waals surface area contributed by atoms with E-state index in [4.69, 9.17) is 9.84 Å². The lowest BCUT2D eigenvalue weighted by molar-refractivity contribution is -0.137. The zero-order valence-corrected chi connectivity index (χ0v) is 7.65. The van der Waals surface area contributed by atoms with Crippen LogP contribution in [-0.4, -0.2) is 11.1 Å². The van der Waals surface area contributed by atoms with Crippen LogP contribution in [0.5, 0.6) is 11.5 Å². The molecule has 0 atom stereocenters. The molecule has 13 heavy (non-hydrogen) atoms. The number of hydrogen-bond donors (Lipinski definition) is 1. The zero-order valence-electron chi connectivity index (χ0n) is 7.65. The summed E-state index contributed by atoms with van der Waals surface area (Å²) in [6.45, 7) is 3.53. The maximum Gasteiger partial charge on any atom is 0.313 e. The molecule has 1 aromatic rings. The van der Waals surface area contributed by atoms with E-state index in [1.807, 2.05) is 0 Å². The Balaban J connectivity index is 2.65. The van der Waals surface area contributed by atoms with Crippen molar-refractivity contribution in [3.8, 4) is 11.5 Å². The number of esters is 1. The van der Waals surface area contributed by atoms with Crippen molar-refractivity contribution in [2.75, 3.05) is 0 Å². The molecule has 1 rings (SSSR count). The van der Waals surface area contributed by atoms with Gasteiger partial charge in [-0.1, -0.05) is 13.8 Å². The Morgan fingerprint density at radius 2 is 1.85 bits per heavy atom. The van der Waals surface area contributed by atoms with E-state index >= 15 is 0 Å². The van der Waals surface area contributed by atoms with Crippen molar-refractivity contribution in [3.63, 3.8) is 0 Å². The van der Waals surface area contributed by atoms with Crippen LogP contribution in [0.15, 0.2) is 24.3 Å². The lowest BCUT2D eigenvalue weighted by Gasteiger charge is -2.05. The highest BCUT2D eigenvalue weighted by atomic mass is 16.5. The minimum absolute atomic E-state index is 0.145. The SMILES string of the molecule is CC(C)C(=O)Oc1ccc(O)cc1. The van der Waals surface area contributed by atoms with E-state index in [1.54, 1.807) is 26.0 Å². The maximum absolute atomic E-state index is 11.1. The predicted octanol–water partition coefficient (Wildman–Crippen LogP) is 1.95. The van der Waals surface area contributed by atoms with E-state index in [2.05, 4.69) is 0 Å². The number of benzene rings is 1. The summed E-state index contributed by atoms with van der Waals surface area (Å²) in [6.07, 6.45) is 0. The fourth-order valence-corrected chi connectivity index (χ4v) is 0.748. The van der Waals surface area contributed by atoms with Gasteiger partial charge in [-0.15, -0.1) is 0 Å². The second kappa shape index (κ2) is 3.94. The number of carbonyl (C=O) groups excluding carboxylic acids is 1. The number of carbonyl (C=O) groups is 1. The smallest absolute Gasteiger partial charge is 0.313 e. The third-order valence-electron chi connectivity index (χ3n) is 1.53. The molecule has 0 radical (unpaired) electrons. The summed E-state index contributed by atoms with van der Waals surface area (Å²) < 4.78 is 4.98. The first-order valence-electron chi connectivity index (χ1n) is 4.10. The van der Waals surface area contributed by atoms with Gasteiger partial charge in [0.2, 0.25) is 0 Å². The molecule has 3 nitrogen and oxygen atoms in total. The maximum atomic E-state index is 11.1. The van der Waals surface area contributed by atoms with Gasteiger partial charge in [0.05, 0.1) is 5.92 Å². The van der Waals surface area contributed by atoms with Gasteiger partial charge in [0.25, 0.3) is 0 Å². The lowest BCUT2D eigenvalue weighted by atomic mass is 10.2. The molecule has 0 aliphatic carbocycles. The first kappa shape index (κ1) is 9.58. The number of aromatic hydroxyl groups is 1. The van der Waals surface area contributed by atoms with E-state index < -0.39 is 0 Å². The summed E-state index contributed by atoms with van der Waals surface area (Å²) in [7, 11) is 0. The van der Waals surface area contributed by atoms with Crippen molar-refractivity contribution in [1.82, 2.24) is 0 Å². The van der Waals surface area contributed by atoms with E-state index in [0.717, 1.165) is 0 Å². The number of hydrogen-bond acceptors (Lipinski definition) is 3. The molecular weight excluding hydrogens is 168 g/mol. The van der Waals surface area contributed by atoms with Gasteiger partial charge >= 0.3 is 5.97 Å². The quantitative estimate of drug-likeness (QED) is 0.559. The monoisotopic (exact) mass is 180 g/mol. The largest absolute Gasteiger partial charge is 0.508 e. The third-order valence-corrected chi connectivity index (χ3v) is 1.53. The molecule has 0 unspecified atom stereocenters.